The predicted octanol–water partition coefficient (Wildman–Crippen LogP) is 13.9. The zero-order valence-electron chi connectivity index (χ0n) is 32.4. The summed E-state index contributed by atoms with van der Waals surface area (Å²) in [7, 11) is 3.60. The molecule has 0 nitrogen and oxygen atoms in total. The van der Waals surface area contributed by atoms with E-state index in [2.05, 4.69) is 93.5 Å². The molecule has 2 aromatic carbocycles. The maximum Gasteiger partial charge on any atom is -0.0273 e. The molecule has 0 bridgehead atoms. The fraction of sp³-hybridized carbons (Fsp3) is 0.721. The number of benzene rings is 2. The molecular weight excluding hydrogens is 609 g/mol. The van der Waals surface area contributed by atoms with E-state index < -0.39 is 0 Å². The van der Waals surface area contributed by atoms with E-state index in [4.69, 9.17) is 0 Å². The van der Waals surface area contributed by atoms with Gasteiger partial charge in [-0.05, 0) is 167 Å². The molecule has 1 aliphatic rings. The number of rotatable bonds is 18. The van der Waals surface area contributed by atoms with Gasteiger partial charge in [-0.3, -0.25) is 0 Å². The standard InChI is InChI=1S/2C15H25P.C13H27P/c1-5-10-16-11-6-7-15-9-8-12(2)13(3)14(15)4;1-5-8-16-9-6-7-15-11-13(3)12(2)10-14(15)4;1-3-10-14-11-4-5-13-8-6-12(2)7-9-13/h8-9,16H,5-7,10-11H2,1-4H3;10-11,16H,5-9H2,1-4H3;12-14H,3-11H2,1-2H3. The van der Waals surface area contributed by atoms with Crippen LogP contribution in [0.1, 0.15) is 143 Å². The Kier molecular flexibility index (Phi) is 26.2. The first-order chi connectivity index (χ1) is 22.1. The average Bonchev–Trinajstić information content (AvgIpc) is 3.04. The molecule has 0 heterocycles. The van der Waals surface area contributed by atoms with Crippen LogP contribution in [0, 0.1) is 53.4 Å². The van der Waals surface area contributed by atoms with Crippen LogP contribution in [0.25, 0.3) is 0 Å². The highest BCUT2D eigenvalue weighted by atomic mass is 31.1. The fourth-order valence-corrected chi connectivity index (χ4v) is 9.54. The molecule has 3 heteroatoms. The topological polar surface area (TPSA) is 0 Å². The van der Waals surface area contributed by atoms with Crippen molar-refractivity contribution in [3.8, 4) is 0 Å². The Balaban J connectivity index is 0.000000346. The molecule has 0 aromatic heterocycles. The van der Waals surface area contributed by atoms with Crippen LogP contribution in [0.15, 0.2) is 24.3 Å². The highest BCUT2D eigenvalue weighted by Gasteiger charge is 2.17. The molecule has 1 saturated carbocycles. The number of aryl methyl sites for hydroxylation is 6. The van der Waals surface area contributed by atoms with E-state index in [0.717, 1.165) is 11.8 Å². The second kappa shape index (κ2) is 27.5. The average molecular weight is 687 g/mol. The van der Waals surface area contributed by atoms with E-state index >= 15 is 0 Å². The van der Waals surface area contributed by atoms with Crippen LogP contribution in [0.2, 0.25) is 0 Å². The lowest BCUT2D eigenvalue weighted by Gasteiger charge is -2.25. The molecule has 0 saturated heterocycles. The Labute approximate surface area is 295 Å². The van der Waals surface area contributed by atoms with Gasteiger partial charge in [0, 0.05) is 0 Å². The van der Waals surface area contributed by atoms with Crippen molar-refractivity contribution < 1.29 is 0 Å². The lowest BCUT2D eigenvalue weighted by Crippen LogP contribution is -2.12. The third-order valence-corrected chi connectivity index (χ3v) is 14.8. The van der Waals surface area contributed by atoms with Crippen LogP contribution in [-0.4, -0.2) is 37.0 Å². The van der Waals surface area contributed by atoms with Gasteiger partial charge in [-0.15, -0.1) is 25.7 Å². The maximum atomic E-state index is 2.42. The van der Waals surface area contributed by atoms with Crippen molar-refractivity contribution in [2.45, 2.75) is 153 Å². The zero-order valence-corrected chi connectivity index (χ0v) is 35.4. The zero-order chi connectivity index (χ0) is 34.2. The number of hydrogen-bond acceptors (Lipinski definition) is 0. The second-order valence-electron chi connectivity index (χ2n) is 14.4. The Morgan fingerprint density at radius 2 is 1.02 bits per heavy atom. The van der Waals surface area contributed by atoms with Crippen LogP contribution in [-0.2, 0) is 12.8 Å². The van der Waals surface area contributed by atoms with Gasteiger partial charge in [0.25, 0.3) is 0 Å². The quantitative estimate of drug-likeness (QED) is 0.108. The van der Waals surface area contributed by atoms with Crippen molar-refractivity contribution in [1.82, 2.24) is 0 Å². The molecule has 46 heavy (non-hydrogen) atoms. The van der Waals surface area contributed by atoms with Crippen molar-refractivity contribution in [3.63, 3.8) is 0 Å². The predicted molar refractivity (Wildman–Crippen MR) is 223 cm³/mol. The van der Waals surface area contributed by atoms with Crippen molar-refractivity contribution >= 4 is 25.7 Å². The molecule has 264 valence electrons. The minimum atomic E-state index is 1.02. The van der Waals surface area contributed by atoms with E-state index in [0.29, 0.717) is 0 Å². The van der Waals surface area contributed by atoms with Crippen LogP contribution >= 0.6 is 25.7 Å². The summed E-state index contributed by atoms with van der Waals surface area (Å²) in [5.41, 5.74) is 11.9. The Morgan fingerprint density at radius 3 is 1.57 bits per heavy atom. The summed E-state index contributed by atoms with van der Waals surface area (Å²) < 4.78 is 0. The molecule has 0 N–H and O–H groups in total. The largest absolute Gasteiger partial charge is 0.122 e. The summed E-state index contributed by atoms with van der Waals surface area (Å²) in [6.45, 7) is 22.7. The van der Waals surface area contributed by atoms with Gasteiger partial charge in [0.15, 0.2) is 0 Å². The lowest BCUT2D eigenvalue weighted by molar-refractivity contribution is 0.276. The molecule has 3 unspecified atom stereocenters. The molecule has 0 aliphatic heterocycles. The van der Waals surface area contributed by atoms with Gasteiger partial charge in [0.05, 0.1) is 0 Å². The van der Waals surface area contributed by atoms with Crippen LogP contribution in [0.5, 0.6) is 0 Å². The second-order valence-corrected chi connectivity index (χ2v) is 18.9. The Bertz CT molecular complexity index is 1020. The van der Waals surface area contributed by atoms with E-state index in [1.165, 1.54) is 180 Å². The monoisotopic (exact) mass is 687 g/mol. The number of hydrogen-bond donors (Lipinski definition) is 0. The molecule has 0 amide bonds. The van der Waals surface area contributed by atoms with Crippen LogP contribution in [0.4, 0.5) is 0 Å². The Hall–Kier alpha value is -0.270. The smallest absolute Gasteiger partial charge is 0.0273 e. The SMILES string of the molecule is CCCPCCCC1CCC(C)CC1.CCCPCCCc1cc(C)c(C)cc1C.CCCPCCCc1ccc(C)c(C)c1C. The van der Waals surface area contributed by atoms with Crippen molar-refractivity contribution in [2.24, 2.45) is 11.8 Å². The molecule has 3 rings (SSSR count). The summed E-state index contributed by atoms with van der Waals surface area (Å²) in [4.78, 5) is 0. The van der Waals surface area contributed by atoms with Gasteiger partial charge in [0.2, 0.25) is 0 Å². The van der Waals surface area contributed by atoms with Crippen LogP contribution < -0.4 is 0 Å². The third-order valence-electron chi connectivity index (χ3n) is 10.1. The molecule has 3 atom stereocenters. The van der Waals surface area contributed by atoms with Gasteiger partial charge in [-0.25, -0.2) is 0 Å². The summed E-state index contributed by atoms with van der Waals surface area (Å²) in [5, 5.41) is 0. The fourth-order valence-electron chi connectivity index (χ4n) is 6.42. The van der Waals surface area contributed by atoms with Crippen molar-refractivity contribution in [3.05, 3.63) is 68.8 Å². The minimum absolute atomic E-state index is 1.02. The van der Waals surface area contributed by atoms with Gasteiger partial charge < -0.3 is 0 Å². The normalized spacial score (nSPS) is 16.7. The Morgan fingerprint density at radius 1 is 0.522 bits per heavy atom. The van der Waals surface area contributed by atoms with Crippen molar-refractivity contribution in [1.29, 1.82) is 0 Å². The van der Waals surface area contributed by atoms with Gasteiger partial charge in [-0.1, -0.05) is 103 Å². The van der Waals surface area contributed by atoms with Gasteiger partial charge >= 0.3 is 0 Å². The molecule has 0 radical (unpaired) electrons. The molecular formula is C43H77P3. The van der Waals surface area contributed by atoms with E-state index in [1.54, 1.807) is 11.1 Å². The van der Waals surface area contributed by atoms with Crippen molar-refractivity contribution in [2.75, 3.05) is 37.0 Å². The van der Waals surface area contributed by atoms with Crippen LogP contribution in [0.3, 0.4) is 0 Å². The molecule has 2 aromatic rings. The van der Waals surface area contributed by atoms with E-state index in [-0.39, 0.29) is 0 Å². The summed E-state index contributed by atoms with van der Waals surface area (Å²) >= 11 is 0. The molecule has 1 aliphatic carbocycles. The minimum Gasteiger partial charge on any atom is -0.122 e. The van der Waals surface area contributed by atoms with E-state index in [9.17, 15) is 0 Å². The first kappa shape index (κ1) is 43.8. The first-order valence-corrected chi connectivity index (χ1v) is 23.6. The molecule has 0 spiro atoms. The highest BCUT2D eigenvalue weighted by Crippen LogP contribution is 2.32. The van der Waals surface area contributed by atoms with E-state index in [1.807, 2.05) is 0 Å². The first-order valence-electron chi connectivity index (χ1n) is 19.4. The lowest BCUT2D eigenvalue weighted by atomic mass is 9.81. The summed E-state index contributed by atoms with van der Waals surface area (Å²) in [5.74, 6) is 2.12. The highest BCUT2D eigenvalue weighted by molar-refractivity contribution is 7.38. The van der Waals surface area contributed by atoms with Gasteiger partial charge in [-0.2, -0.15) is 0 Å². The summed E-state index contributed by atoms with van der Waals surface area (Å²) in [6.07, 6.45) is 27.1. The molecule has 1 fully saturated rings. The summed E-state index contributed by atoms with van der Waals surface area (Å²) in [6, 6.07) is 9.30. The third kappa shape index (κ3) is 19.7. The van der Waals surface area contributed by atoms with Gasteiger partial charge in [0.1, 0.15) is 0 Å². The maximum absolute atomic E-state index is 2.42.